The van der Waals surface area contributed by atoms with E-state index in [9.17, 15) is 0 Å². The summed E-state index contributed by atoms with van der Waals surface area (Å²) < 4.78 is 0. The Labute approximate surface area is 82.4 Å². The van der Waals surface area contributed by atoms with Crippen molar-refractivity contribution in [2.24, 2.45) is 0 Å². The highest BCUT2D eigenvalue weighted by Gasteiger charge is 1.98. The Morgan fingerprint density at radius 2 is 1.21 bits per heavy atom. The maximum Gasteiger partial charge on any atom is 0.126 e. The number of aromatic nitrogens is 2. The second kappa shape index (κ2) is 3.49. The number of anilines is 2. The molecule has 0 radical (unpaired) electrons. The Morgan fingerprint density at radius 1 is 0.786 bits per heavy atom. The van der Waals surface area contributed by atoms with Crippen LogP contribution in [0.2, 0.25) is 0 Å². The van der Waals surface area contributed by atoms with Crippen molar-refractivity contribution in [2.75, 3.05) is 24.7 Å². The van der Waals surface area contributed by atoms with Crippen molar-refractivity contribution in [1.29, 1.82) is 0 Å². The largest absolute Gasteiger partial charge is 0.373 e. The van der Waals surface area contributed by atoms with Gasteiger partial charge in [-0.25, -0.2) is 9.97 Å². The first-order valence-corrected chi connectivity index (χ1v) is 4.47. The summed E-state index contributed by atoms with van der Waals surface area (Å²) in [6.45, 7) is 0. The van der Waals surface area contributed by atoms with Crippen LogP contribution < -0.4 is 10.6 Å². The number of nitrogens with one attached hydrogen (secondary N) is 2. The molecule has 14 heavy (non-hydrogen) atoms. The fourth-order valence-corrected chi connectivity index (χ4v) is 1.29. The molecule has 0 spiro atoms. The van der Waals surface area contributed by atoms with Crippen molar-refractivity contribution >= 4 is 22.7 Å². The first-order chi connectivity index (χ1) is 6.83. The molecule has 2 aromatic rings. The van der Waals surface area contributed by atoms with E-state index in [1.54, 1.807) is 0 Å². The van der Waals surface area contributed by atoms with E-state index in [-0.39, 0.29) is 0 Å². The van der Waals surface area contributed by atoms with Crippen LogP contribution in [0.5, 0.6) is 0 Å². The van der Waals surface area contributed by atoms with Crippen LogP contribution in [0.3, 0.4) is 0 Å². The van der Waals surface area contributed by atoms with E-state index >= 15 is 0 Å². The van der Waals surface area contributed by atoms with Crippen LogP contribution in [0.25, 0.3) is 11.0 Å². The molecule has 0 unspecified atom stereocenters. The average Bonchev–Trinajstić information content (AvgIpc) is 2.27. The zero-order chi connectivity index (χ0) is 9.97. The lowest BCUT2D eigenvalue weighted by atomic mass is 10.3. The smallest absolute Gasteiger partial charge is 0.126 e. The predicted molar refractivity (Wildman–Crippen MR) is 58.6 cm³/mol. The summed E-state index contributed by atoms with van der Waals surface area (Å²) in [6, 6.07) is 7.73. The molecule has 0 atom stereocenters. The number of pyridine rings is 2. The lowest BCUT2D eigenvalue weighted by molar-refractivity contribution is 1.29. The summed E-state index contributed by atoms with van der Waals surface area (Å²) in [5.41, 5.74) is 1.80. The first kappa shape index (κ1) is 8.74. The number of hydrogen-bond donors (Lipinski definition) is 2. The van der Waals surface area contributed by atoms with Gasteiger partial charge in [-0.2, -0.15) is 0 Å². The molecule has 0 aliphatic rings. The van der Waals surface area contributed by atoms with Gasteiger partial charge < -0.3 is 10.6 Å². The van der Waals surface area contributed by atoms with Crippen molar-refractivity contribution in [3.8, 4) is 0 Å². The van der Waals surface area contributed by atoms with Gasteiger partial charge in [-0.05, 0) is 24.3 Å². The molecule has 0 fully saturated rings. The molecule has 4 nitrogen and oxygen atoms in total. The molecule has 0 saturated heterocycles. The lowest BCUT2D eigenvalue weighted by Crippen LogP contribution is -1.95. The summed E-state index contributed by atoms with van der Waals surface area (Å²) in [5.74, 6) is 1.72. The third-order valence-electron chi connectivity index (χ3n) is 2.05. The van der Waals surface area contributed by atoms with Crippen LogP contribution in [-0.4, -0.2) is 24.1 Å². The highest BCUT2D eigenvalue weighted by atomic mass is 15.0. The molecule has 4 heteroatoms. The second-order valence-electron chi connectivity index (χ2n) is 2.93. The number of hydrogen-bond acceptors (Lipinski definition) is 4. The molecule has 0 aliphatic carbocycles. The Hall–Kier alpha value is -1.84. The summed E-state index contributed by atoms with van der Waals surface area (Å²) in [4.78, 5) is 8.74. The van der Waals surface area contributed by atoms with Gasteiger partial charge in [-0.1, -0.05) is 0 Å². The molecule has 2 heterocycles. The Balaban J connectivity index is 2.57. The van der Waals surface area contributed by atoms with Gasteiger partial charge in [0.15, 0.2) is 0 Å². The fourth-order valence-electron chi connectivity index (χ4n) is 1.29. The standard InChI is InChI=1S/C10H12N4/c1-11-9-5-3-8-7(13-9)4-6-10(12-2)14-8/h3-6H,1-2H3,(H,11,13)(H,12,14). The minimum absolute atomic E-state index is 0.858. The molecule has 2 rings (SSSR count). The van der Waals surface area contributed by atoms with Gasteiger partial charge in [-0.15, -0.1) is 0 Å². The van der Waals surface area contributed by atoms with E-state index in [1.807, 2.05) is 38.4 Å². The molecule has 2 aromatic heterocycles. The van der Waals surface area contributed by atoms with E-state index < -0.39 is 0 Å². The third kappa shape index (κ3) is 1.46. The van der Waals surface area contributed by atoms with Crippen molar-refractivity contribution in [3.63, 3.8) is 0 Å². The topological polar surface area (TPSA) is 49.8 Å². The summed E-state index contributed by atoms with van der Waals surface area (Å²) in [6.07, 6.45) is 0. The van der Waals surface area contributed by atoms with Crippen molar-refractivity contribution < 1.29 is 0 Å². The minimum Gasteiger partial charge on any atom is -0.373 e. The summed E-state index contributed by atoms with van der Waals surface area (Å²) in [7, 11) is 3.70. The first-order valence-electron chi connectivity index (χ1n) is 4.47. The highest BCUT2D eigenvalue weighted by Crippen LogP contribution is 2.15. The monoisotopic (exact) mass is 188 g/mol. The molecular weight excluding hydrogens is 176 g/mol. The lowest BCUT2D eigenvalue weighted by Gasteiger charge is -2.03. The molecule has 0 amide bonds. The second-order valence-corrected chi connectivity index (χ2v) is 2.93. The molecule has 0 aliphatic heterocycles. The van der Waals surface area contributed by atoms with Crippen molar-refractivity contribution in [3.05, 3.63) is 24.3 Å². The third-order valence-corrected chi connectivity index (χ3v) is 2.05. The Kier molecular flexibility index (Phi) is 2.18. The summed E-state index contributed by atoms with van der Waals surface area (Å²) in [5, 5.41) is 5.99. The SMILES string of the molecule is CNc1ccc2nc(NC)ccc2n1. The Morgan fingerprint density at radius 3 is 1.57 bits per heavy atom. The van der Waals surface area contributed by atoms with Gasteiger partial charge in [0.05, 0.1) is 11.0 Å². The predicted octanol–water partition coefficient (Wildman–Crippen LogP) is 1.71. The van der Waals surface area contributed by atoms with Gasteiger partial charge >= 0.3 is 0 Å². The zero-order valence-electron chi connectivity index (χ0n) is 8.20. The number of rotatable bonds is 2. The van der Waals surface area contributed by atoms with Crippen LogP contribution in [0.15, 0.2) is 24.3 Å². The molecule has 0 bridgehead atoms. The minimum atomic E-state index is 0.858. The maximum absolute atomic E-state index is 4.37. The molecule has 2 N–H and O–H groups in total. The molecule has 0 saturated carbocycles. The van der Waals surface area contributed by atoms with E-state index in [0.29, 0.717) is 0 Å². The van der Waals surface area contributed by atoms with Gasteiger partial charge in [0.25, 0.3) is 0 Å². The summed E-state index contributed by atoms with van der Waals surface area (Å²) >= 11 is 0. The van der Waals surface area contributed by atoms with Gasteiger partial charge in [-0.3, -0.25) is 0 Å². The normalized spacial score (nSPS) is 10.1. The zero-order valence-corrected chi connectivity index (χ0v) is 8.20. The highest BCUT2D eigenvalue weighted by molar-refractivity contribution is 5.77. The van der Waals surface area contributed by atoms with Crippen LogP contribution >= 0.6 is 0 Å². The average molecular weight is 188 g/mol. The Bertz CT molecular complexity index is 410. The quantitative estimate of drug-likeness (QED) is 0.753. The van der Waals surface area contributed by atoms with Crippen molar-refractivity contribution in [1.82, 2.24) is 9.97 Å². The maximum atomic E-state index is 4.37. The van der Waals surface area contributed by atoms with Gasteiger partial charge in [0.1, 0.15) is 11.6 Å². The van der Waals surface area contributed by atoms with Crippen molar-refractivity contribution in [2.45, 2.75) is 0 Å². The number of fused-ring (bicyclic) bond motifs is 1. The van der Waals surface area contributed by atoms with E-state index in [0.717, 1.165) is 22.7 Å². The molecule has 0 aromatic carbocycles. The fraction of sp³-hybridized carbons (Fsp3) is 0.200. The van der Waals surface area contributed by atoms with Gasteiger partial charge in [0.2, 0.25) is 0 Å². The molecule has 72 valence electrons. The van der Waals surface area contributed by atoms with E-state index in [4.69, 9.17) is 0 Å². The van der Waals surface area contributed by atoms with Crippen LogP contribution in [0, 0.1) is 0 Å². The number of nitrogens with zero attached hydrogens (tertiary/aromatic N) is 2. The van der Waals surface area contributed by atoms with E-state index in [2.05, 4.69) is 20.6 Å². The van der Waals surface area contributed by atoms with Crippen LogP contribution in [0.4, 0.5) is 11.6 Å². The van der Waals surface area contributed by atoms with Crippen LogP contribution in [0.1, 0.15) is 0 Å². The molecular formula is C10H12N4. The van der Waals surface area contributed by atoms with E-state index in [1.165, 1.54) is 0 Å². The van der Waals surface area contributed by atoms with Crippen LogP contribution in [-0.2, 0) is 0 Å². The van der Waals surface area contributed by atoms with Gasteiger partial charge in [0, 0.05) is 14.1 Å².